The topological polar surface area (TPSA) is 70.7 Å². The largest absolute Gasteiger partial charge is 0.484 e. The zero-order valence-corrected chi connectivity index (χ0v) is 13.8. The molecule has 126 valence electrons. The van der Waals surface area contributed by atoms with E-state index < -0.39 is 0 Å². The molecule has 1 aromatic rings. The summed E-state index contributed by atoms with van der Waals surface area (Å²) in [5.74, 6) is 0.636. The molecular formula is C17H25N3O3. The zero-order chi connectivity index (χ0) is 16.7. The Morgan fingerprint density at radius 3 is 2.70 bits per heavy atom. The zero-order valence-electron chi connectivity index (χ0n) is 13.8. The van der Waals surface area contributed by atoms with Crippen LogP contribution in [-0.4, -0.2) is 44.1 Å². The third kappa shape index (κ3) is 5.25. The van der Waals surface area contributed by atoms with Crippen molar-refractivity contribution in [2.24, 2.45) is 0 Å². The van der Waals surface area contributed by atoms with Gasteiger partial charge in [0.25, 0.3) is 5.91 Å². The van der Waals surface area contributed by atoms with Gasteiger partial charge in [-0.1, -0.05) is 6.92 Å². The molecule has 1 aliphatic rings. The van der Waals surface area contributed by atoms with Crippen molar-refractivity contribution in [2.45, 2.75) is 32.7 Å². The first-order chi connectivity index (χ1) is 11.1. The number of nitrogens with one attached hydrogen (secondary N) is 2. The molecular weight excluding hydrogens is 294 g/mol. The fourth-order valence-corrected chi connectivity index (χ4v) is 2.53. The molecule has 1 atom stereocenters. The Morgan fingerprint density at radius 2 is 2.09 bits per heavy atom. The van der Waals surface area contributed by atoms with Crippen LogP contribution in [-0.2, 0) is 9.59 Å². The van der Waals surface area contributed by atoms with Gasteiger partial charge in [-0.05, 0) is 44.2 Å². The van der Waals surface area contributed by atoms with E-state index in [1.54, 1.807) is 17.0 Å². The van der Waals surface area contributed by atoms with Gasteiger partial charge in [-0.15, -0.1) is 0 Å². The first-order valence-corrected chi connectivity index (χ1v) is 8.13. The van der Waals surface area contributed by atoms with E-state index in [0.717, 1.165) is 25.2 Å². The Hall–Kier alpha value is -2.08. The van der Waals surface area contributed by atoms with Crippen LogP contribution in [0.3, 0.4) is 0 Å². The van der Waals surface area contributed by atoms with E-state index in [4.69, 9.17) is 4.74 Å². The van der Waals surface area contributed by atoms with E-state index in [1.807, 2.05) is 26.0 Å². The van der Waals surface area contributed by atoms with Crippen molar-refractivity contribution in [3.63, 3.8) is 0 Å². The summed E-state index contributed by atoms with van der Waals surface area (Å²) < 4.78 is 5.47. The van der Waals surface area contributed by atoms with Crippen LogP contribution in [0.1, 0.15) is 26.7 Å². The first kappa shape index (κ1) is 17.3. The molecule has 23 heavy (non-hydrogen) atoms. The van der Waals surface area contributed by atoms with E-state index in [0.29, 0.717) is 18.7 Å². The van der Waals surface area contributed by atoms with E-state index in [-0.39, 0.29) is 24.5 Å². The third-order valence-electron chi connectivity index (χ3n) is 3.75. The minimum absolute atomic E-state index is 0.0131. The Labute approximate surface area is 137 Å². The van der Waals surface area contributed by atoms with E-state index >= 15 is 0 Å². The minimum Gasteiger partial charge on any atom is -0.484 e. The maximum atomic E-state index is 11.7. The fourth-order valence-electron chi connectivity index (χ4n) is 2.53. The van der Waals surface area contributed by atoms with Crippen molar-refractivity contribution in [1.29, 1.82) is 0 Å². The van der Waals surface area contributed by atoms with Crippen LogP contribution >= 0.6 is 0 Å². The molecule has 1 aliphatic heterocycles. The van der Waals surface area contributed by atoms with E-state index in [1.165, 1.54) is 0 Å². The van der Waals surface area contributed by atoms with Crippen LogP contribution in [0.5, 0.6) is 5.75 Å². The molecule has 1 fully saturated rings. The summed E-state index contributed by atoms with van der Waals surface area (Å²) in [5, 5.41) is 6.04. The number of carbonyl (C=O) groups excluding carboxylic acids is 2. The smallest absolute Gasteiger partial charge is 0.257 e. The Balaban J connectivity index is 1.75. The van der Waals surface area contributed by atoms with E-state index in [9.17, 15) is 9.59 Å². The minimum atomic E-state index is -0.145. The second-order valence-corrected chi connectivity index (χ2v) is 5.69. The van der Waals surface area contributed by atoms with Crippen molar-refractivity contribution in [1.82, 2.24) is 10.6 Å². The molecule has 0 aromatic heterocycles. The summed E-state index contributed by atoms with van der Waals surface area (Å²) in [6, 6.07) is 7.51. The predicted molar refractivity (Wildman–Crippen MR) is 89.7 cm³/mol. The van der Waals surface area contributed by atoms with Gasteiger partial charge in [0.15, 0.2) is 6.61 Å². The van der Waals surface area contributed by atoms with Gasteiger partial charge in [-0.2, -0.15) is 0 Å². The number of amides is 2. The molecule has 2 amide bonds. The normalized spacial score (nSPS) is 15.6. The van der Waals surface area contributed by atoms with Crippen LogP contribution < -0.4 is 20.3 Å². The number of benzene rings is 1. The second kappa shape index (κ2) is 8.53. The van der Waals surface area contributed by atoms with Crippen molar-refractivity contribution in [2.75, 3.05) is 31.1 Å². The first-order valence-electron chi connectivity index (χ1n) is 8.13. The number of nitrogens with zero attached hydrogens (tertiary/aromatic N) is 1. The standard InChI is InChI=1S/C17H25N3O3/c1-3-18-13(2)11-19-16(21)12-23-15-8-6-14(7-9-15)20-10-4-5-17(20)22/h6-9,13,18H,3-5,10-12H2,1-2H3,(H,19,21)/t13-/m1/s1. The van der Waals surface area contributed by atoms with Gasteiger partial charge >= 0.3 is 0 Å². The molecule has 1 aromatic carbocycles. The van der Waals surface area contributed by atoms with Crippen LogP contribution in [0.4, 0.5) is 5.69 Å². The maximum Gasteiger partial charge on any atom is 0.257 e. The molecule has 1 heterocycles. The van der Waals surface area contributed by atoms with Crippen LogP contribution in [0.25, 0.3) is 0 Å². The molecule has 0 unspecified atom stereocenters. The Kier molecular flexibility index (Phi) is 6.40. The summed E-state index contributed by atoms with van der Waals surface area (Å²) in [5.41, 5.74) is 0.878. The molecule has 0 saturated carbocycles. The van der Waals surface area contributed by atoms with Gasteiger partial charge in [0.1, 0.15) is 5.75 Å². The summed E-state index contributed by atoms with van der Waals surface area (Å²) in [4.78, 5) is 25.2. The van der Waals surface area contributed by atoms with Gasteiger partial charge < -0.3 is 20.3 Å². The van der Waals surface area contributed by atoms with Crippen LogP contribution in [0.15, 0.2) is 24.3 Å². The highest BCUT2D eigenvalue weighted by molar-refractivity contribution is 5.95. The molecule has 2 N–H and O–H groups in total. The molecule has 6 nitrogen and oxygen atoms in total. The van der Waals surface area contributed by atoms with Gasteiger partial charge in [-0.25, -0.2) is 0 Å². The lowest BCUT2D eigenvalue weighted by atomic mass is 10.3. The second-order valence-electron chi connectivity index (χ2n) is 5.69. The van der Waals surface area contributed by atoms with Crippen molar-refractivity contribution in [3.8, 4) is 5.75 Å². The van der Waals surface area contributed by atoms with Gasteiger partial charge in [-0.3, -0.25) is 9.59 Å². The van der Waals surface area contributed by atoms with E-state index in [2.05, 4.69) is 10.6 Å². The van der Waals surface area contributed by atoms with Gasteiger partial charge in [0, 0.05) is 31.2 Å². The SMILES string of the molecule is CCN[C@H](C)CNC(=O)COc1ccc(N2CCCC2=O)cc1. The van der Waals surface area contributed by atoms with Crippen molar-refractivity contribution < 1.29 is 14.3 Å². The van der Waals surface area contributed by atoms with Crippen molar-refractivity contribution >= 4 is 17.5 Å². The average molecular weight is 319 g/mol. The fraction of sp³-hybridized carbons (Fsp3) is 0.529. The molecule has 0 aliphatic carbocycles. The Bertz CT molecular complexity index is 530. The number of hydrogen-bond donors (Lipinski definition) is 2. The summed E-state index contributed by atoms with van der Waals surface area (Å²) in [6.07, 6.45) is 1.52. The predicted octanol–water partition coefficient (Wildman–Crippen LogP) is 1.31. The lowest BCUT2D eigenvalue weighted by molar-refractivity contribution is -0.123. The number of hydrogen-bond acceptors (Lipinski definition) is 4. The molecule has 0 bridgehead atoms. The maximum absolute atomic E-state index is 11.7. The van der Waals surface area contributed by atoms with Gasteiger partial charge in [0.2, 0.25) is 5.91 Å². The summed E-state index contributed by atoms with van der Waals surface area (Å²) in [7, 11) is 0. The lowest BCUT2D eigenvalue weighted by Gasteiger charge is -2.16. The highest BCUT2D eigenvalue weighted by Gasteiger charge is 2.21. The van der Waals surface area contributed by atoms with Gasteiger partial charge in [0.05, 0.1) is 0 Å². The quantitative estimate of drug-likeness (QED) is 0.758. The molecule has 2 rings (SSSR count). The number of likely N-dealkylation sites (N-methyl/N-ethyl adjacent to an activating group) is 1. The molecule has 0 spiro atoms. The lowest BCUT2D eigenvalue weighted by Crippen LogP contribution is -2.40. The Morgan fingerprint density at radius 1 is 1.35 bits per heavy atom. The highest BCUT2D eigenvalue weighted by atomic mass is 16.5. The van der Waals surface area contributed by atoms with Crippen LogP contribution in [0.2, 0.25) is 0 Å². The van der Waals surface area contributed by atoms with Crippen molar-refractivity contribution in [3.05, 3.63) is 24.3 Å². The molecule has 1 saturated heterocycles. The van der Waals surface area contributed by atoms with Crippen LogP contribution in [0, 0.1) is 0 Å². The monoisotopic (exact) mass is 319 g/mol. The average Bonchev–Trinajstić information content (AvgIpc) is 2.98. The molecule has 0 radical (unpaired) electrons. The summed E-state index contributed by atoms with van der Waals surface area (Å²) in [6.45, 7) is 6.25. The number of ether oxygens (including phenoxy) is 1. The summed E-state index contributed by atoms with van der Waals surface area (Å²) >= 11 is 0. The highest BCUT2D eigenvalue weighted by Crippen LogP contribution is 2.23. The number of anilines is 1. The molecule has 6 heteroatoms. The number of carbonyl (C=O) groups is 2. The third-order valence-corrected chi connectivity index (χ3v) is 3.75. The number of rotatable bonds is 8.